The van der Waals surface area contributed by atoms with Gasteiger partial charge in [-0.2, -0.15) is 11.3 Å². The summed E-state index contributed by atoms with van der Waals surface area (Å²) < 4.78 is 1.01. The predicted molar refractivity (Wildman–Crippen MR) is 86.5 cm³/mol. The first kappa shape index (κ1) is 13.5. The molecule has 0 spiro atoms. The first-order chi connectivity index (χ1) is 8.66. The number of thiocarbonyl (C=S) groups is 1. The first-order valence-corrected chi connectivity index (χ1v) is 7.65. The molecule has 1 heterocycles. The number of nitrogens with one attached hydrogen (secondary N) is 1. The maximum Gasteiger partial charge on any atom is 0.106 e. The Morgan fingerprint density at radius 2 is 2.22 bits per heavy atom. The molecule has 2 rings (SSSR count). The van der Waals surface area contributed by atoms with Gasteiger partial charge in [0.2, 0.25) is 0 Å². The van der Waals surface area contributed by atoms with E-state index in [1.807, 2.05) is 18.2 Å². The van der Waals surface area contributed by atoms with Crippen LogP contribution in [0.1, 0.15) is 11.1 Å². The number of thiophene rings is 1. The minimum atomic E-state index is 0.417. The summed E-state index contributed by atoms with van der Waals surface area (Å²) in [6, 6.07) is 8.02. The van der Waals surface area contributed by atoms with Crippen molar-refractivity contribution < 1.29 is 0 Å². The molecule has 0 saturated carbocycles. The minimum Gasteiger partial charge on any atom is -0.389 e. The van der Waals surface area contributed by atoms with Crippen molar-refractivity contribution in [2.24, 2.45) is 5.73 Å². The van der Waals surface area contributed by atoms with E-state index in [-0.39, 0.29) is 0 Å². The second kappa shape index (κ2) is 6.31. The van der Waals surface area contributed by atoms with Crippen molar-refractivity contribution in [1.29, 1.82) is 0 Å². The molecule has 0 aliphatic carbocycles. The molecular weight excluding hydrogens is 328 g/mol. The number of nitrogens with two attached hydrogens (primary N) is 1. The Morgan fingerprint density at radius 1 is 1.39 bits per heavy atom. The maximum absolute atomic E-state index is 5.71. The van der Waals surface area contributed by atoms with Crippen molar-refractivity contribution >= 4 is 50.2 Å². The van der Waals surface area contributed by atoms with Crippen LogP contribution in [0.15, 0.2) is 39.5 Å². The van der Waals surface area contributed by atoms with Crippen molar-refractivity contribution in [3.05, 3.63) is 50.6 Å². The van der Waals surface area contributed by atoms with Crippen LogP contribution in [-0.2, 0) is 6.42 Å². The molecule has 0 amide bonds. The molecule has 2 nitrogen and oxygen atoms in total. The molecule has 0 unspecified atom stereocenters. The molecule has 1 aromatic heterocycles. The lowest BCUT2D eigenvalue weighted by Crippen LogP contribution is -2.14. The Morgan fingerprint density at radius 3 is 2.89 bits per heavy atom. The molecule has 0 atom stereocenters. The molecule has 18 heavy (non-hydrogen) atoms. The van der Waals surface area contributed by atoms with E-state index in [0.717, 1.165) is 28.7 Å². The summed E-state index contributed by atoms with van der Waals surface area (Å²) in [6.07, 6.45) is 0.993. The van der Waals surface area contributed by atoms with Crippen LogP contribution in [0.25, 0.3) is 0 Å². The van der Waals surface area contributed by atoms with Gasteiger partial charge in [-0.3, -0.25) is 0 Å². The van der Waals surface area contributed by atoms with Gasteiger partial charge in [0.15, 0.2) is 0 Å². The third-order valence-corrected chi connectivity index (χ3v) is 4.00. The fourth-order valence-corrected chi connectivity index (χ4v) is 2.90. The predicted octanol–water partition coefficient (Wildman–Crippen LogP) is 3.80. The topological polar surface area (TPSA) is 38.0 Å². The molecule has 0 saturated heterocycles. The Bertz CT molecular complexity index is 538. The monoisotopic (exact) mass is 340 g/mol. The van der Waals surface area contributed by atoms with Crippen LogP contribution in [0.2, 0.25) is 0 Å². The van der Waals surface area contributed by atoms with Crippen LogP contribution in [-0.4, -0.2) is 11.5 Å². The molecular formula is C13H13BrN2S2. The number of rotatable bonds is 5. The van der Waals surface area contributed by atoms with Gasteiger partial charge < -0.3 is 11.1 Å². The normalized spacial score (nSPS) is 10.3. The Balaban J connectivity index is 2.03. The molecule has 0 fully saturated rings. The molecule has 1 aromatic carbocycles. The van der Waals surface area contributed by atoms with Gasteiger partial charge in [-0.1, -0.05) is 28.1 Å². The molecule has 5 heteroatoms. The summed E-state index contributed by atoms with van der Waals surface area (Å²) in [5.41, 5.74) is 8.92. The zero-order valence-corrected chi connectivity index (χ0v) is 12.9. The van der Waals surface area contributed by atoms with E-state index in [9.17, 15) is 0 Å². The number of halogens is 1. The summed E-state index contributed by atoms with van der Waals surface area (Å²) in [5, 5.41) is 7.64. The highest BCUT2D eigenvalue weighted by Gasteiger charge is 2.05. The second-order valence-corrected chi connectivity index (χ2v) is 6.00. The second-order valence-electron chi connectivity index (χ2n) is 3.86. The average Bonchev–Trinajstić information content (AvgIpc) is 2.82. The van der Waals surface area contributed by atoms with E-state index in [1.54, 1.807) is 11.3 Å². The minimum absolute atomic E-state index is 0.417. The Kier molecular flexibility index (Phi) is 4.74. The van der Waals surface area contributed by atoms with E-state index < -0.39 is 0 Å². The molecule has 0 radical (unpaired) electrons. The first-order valence-electron chi connectivity index (χ1n) is 5.51. The number of hydrogen-bond donors (Lipinski definition) is 2. The average molecular weight is 341 g/mol. The molecule has 0 aliphatic rings. The quantitative estimate of drug-likeness (QED) is 0.813. The fraction of sp³-hybridized carbons (Fsp3) is 0.154. The van der Waals surface area contributed by atoms with Crippen molar-refractivity contribution in [1.82, 2.24) is 0 Å². The summed E-state index contributed by atoms with van der Waals surface area (Å²) in [4.78, 5) is 0.417. The van der Waals surface area contributed by atoms with Crippen molar-refractivity contribution in [2.75, 3.05) is 11.9 Å². The Labute approximate surface area is 124 Å². The fourth-order valence-electron chi connectivity index (χ4n) is 1.65. The largest absolute Gasteiger partial charge is 0.389 e. The van der Waals surface area contributed by atoms with Gasteiger partial charge in [-0.15, -0.1) is 0 Å². The molecule has 0 bridgehead atoms. The lowest BCUT2D eigenvalue weighted by atomic mass is 10.1. The van der Waals surface area contributed by atoms with Crippen molar-refractivity contribution in [2.45, 2.75) is 6.42 Å². The van der Waals surface area contributed by atoms with Crippen molar-refractivity contribution in [3.63, 3.8) is 0 Å². The standard InChI is InChI=1S/C13H13BrN2S2/c14-10-1-2-11(13(15)17)12(7-10)16-5-3-9-4-6-18-8-9/h1-2,4,6-8,16H,3,5H2,(H2,15,17). The highest BCUT2D eigenvalue weighted by atomic mass is 79.9. The maximum atomic E-state index is 5.71. The van der Waals surface area contributed by atoms with E-state index in [2.05, 4.69) is 38.1 Å². The highest BCUT2D eigenvalue weighted by Crippen LogP contribution is 2.21. The van der Waals surface area contributed by atoms with E-state index in [4.69, 9.17) is 18.0 Å². The van der Waals surface area contributed by atoms with Crippen LogP contribution < -0.4 is 11.1 Å². The lowest BCUT2D eigenvalue weighted by molar-refractivity contribution is 1.03. The van der Waals surface area contributed by atoms with Crippen LogP contribution in [0.5, 0.6) is 0 Å². The van der Waals surface area contributed by atoms with Crippen LogP contribution in [0, 0.1) is 0 Å². The third-order valence-electron chi connectivity index (χ3n) is 2.56. The van der Waals surface area contributed by atoms with Gasteiger partial charge in [0, 0.05) is 22.3 Å². The van der Waals surface area contributed by atoms with Gasteiger partial charge >= 0.3 is 0 Å². The van der Waals surface area contributed by atoms with Gasteiger partial charge in [0.1, 0.15) is 4.99 Å². The van der Waals surface area contributed by atoms with Crippen LogP contribution in [0.4, 0.5) is 5.69 Å². The van der Waals surface area contributed by atoms with E-state index in [1.165, 1.54) is 5.56 Å². The zero-order chi connectivity index (χ0) is 13.0. The van der Waals surface area contributed by atoms with E-state index >= 15 is 0 Å². The van der Waals surface area contributed by atoms with Gasteiger partial charge in [0.05, 0.1) is 0 Å². The summed E-state index contributed by atoms with van der Waals surface area (Å²) in [6.45, 7) is 0.864. The van der Waals surface area contributed by atoms with E-state index in [0.29, 0.717) is 4.99 Å². The van der Waals surface area contributed by atoms with Crippen molar-refractivity contribution in [3.8, 4) is 0 Å². The Hall–Kier alpha value is -0.910. The number of anilines is 1. The van der Waals surface area contributed by atoms with Gasteiger partial charge in [0.25, 0.3) is 0 Å². The summed E-state index contributed by atoms with van der Waals surface area (Å²) in [7, 11) is 0. The third kappa shape index (κ3) is 3.54. The SMILES string of the molecule is NC(=S)c1ccc(Br)cc1NCCc1ccsc1. The molecule has 0 aliphatic heterocycles. The zero-order valence-electron chi connectivity index (χ0n) is 9.65. The smallest absolute Gasteiger partial charge is 0.106 e. The number of hydrogen-bond acceptors (Lipinski definition) is 3. The van der Waals surface area contributed by atoms with Crippen LogP contribution >= 0.6 is 39.5 Å². The van der Waals surface area contributed by atoms with Gasteiger partial charge in [-0.05, 0) is 47.0 Å². The van der Waals surface area contributed by atoms with Gasteiger partial charge in [-0.25, -0.2) is 0 Å². The summed E-state index contributed by atoms with van der Waals surface area (Å²) in [5.74, 6) is 0. The molecule has 94 valence electrons. The van der Waals surface area contributed by atoms with Crippen LogP contribution in [0.3, 0.4) is 0 Å². The summed E-state index contributed by atoms with van der Waals surface area (Å²) >= 11 is 10.2. The number of benzene rings is 1. The molecule has 3 N–H and O–H groups in total. The molecule has 2 aromatic rings. The highest BCUT2D eigenvalue weighted by molar-refractivity contribution is 9.10. The lowest BCUT2D eigenvalue weighted by Gasteiger charge is -2.11.